The van der Waals surface area contributed by atoms with E-state index < -0.39 is 4.92 Å². The Bertz CT molecular complexity index is 659. The Kier molecular flexibility index (Phi) is 3.99. The molecular formula is C13H18N6O2. The lowest BCUT2D eigenvalue weighted by Gasteiger charge is -2.20. The maximum absolute atomic E-state index is 11.0. The second-order valence-corrected chi connectivity index (χ2v) is 5.79. The molecule has 21 heavy (non-hydrogen) atoms. The molecule has 0 unspecified atom stereocenters. The highest BCUT2D eigenvalue weighted by Crippen LogP contribution is 2.24. The van der Waals surface area contributed by atoms with Gasteiger partial charge in [-0.3, -0.25) is 10.1 Å². The number of tetrazole rings is 1. The lowest BCUT2D eigenvalue weighted by Crippen LogP contribution is -2.36. The van der Waals surface area contributed by atoms with Crippen LogP contribution in [-0.4, -0.2) is 30.7 Å². The largest absolute Gasteiger partial charge is 0.305 e. The molecule has 0 saturated heterocycles. The zero-order valence-corrected chi connectivity index (χ0v) is 12.5. The number of nitrogens with zero attached hydrogens (tertiary/aromatic N) is 5. The van der Waals surface area contributed by atoms with Crippen molar-refractivity contribution in [1.29, 1.82) is 0 Å². The molecule has 112 valence electrons. The third kappa shape index (κ3) is 3.40. The van der Waals surface area contributed by atoms with Gasteiger partial charge in [0.05, 0.1) is 22.7 Å². The van der Waals surface area contributed by atoms with Gasteiger partial charge < -0.3 is 5.32 Å². The number of aromatic nitrogens is 4. The van der Waals surface area contributed by atoms with Gasteiger partial charge in [-0.05, 0) is 44.2 Å². The molecule has 0 bridgehead atoms. The molecule has 1 N–H and O–H groups in total. The first-order chi connectivity index (χ1) is 9.79. The lowest BCUT2D eigenvalue weighted by molar-refractivity contribution is -0.385. The van der Waals surface area contributed by atoms with Crippen molar-refractivity contribution >= 4 is 5.69 Å². The average molecular weight is 290 g/mol. The number of rotatable bonds is 4. The smallest absolute Gasteiger partial charge is 0.274 e. The van der Waals surface area contributed by atoms with Crippen molar-refractivity contribution in [3.05, 3.63) is 39.7 Å². The molecule has 1 aromatic heterocycles. The summed E-state index contributed by atoms with van der Waals surface area (Å²) in [7, 11) is 0. The van der Waals surface area contributed by atoms with Crippen molar-refractivity contribution in [2.45, 2.75) is 39.8 Å². The van der Waals surface area contributed by atoms with E-state index in [2.05, 4.69) is 20.8 Å². The minimum absolute atomic E-state index is 0.0535. The van der Waals surface area contributed by atoms with E-state index in [1.807, 2.05) is 20.8 Å². The van der Waals surface area contributed by atoms with Crippen molar-refractivity contribution in [2.24, 2.45) is 0 Å². The van der Waals surface area contributed by atoms with Gasteiger partial charge in [-0.15, -0.1) is 5.10 Å². The Labute approximate surface area is 122 Å². The number of nitro groups is 1. The van der Waals surface area contributed by atoms with Crippen LogP contribution in [0.1, 0.15) is 32.2 Å². The molecule has 1 aromatic carbocycles. The van der Waals surface area contributed by atoms with E-state index >= 15 is 0 Å². The van der Waals surface area contributed by atoms with Crippen LogP contribution in [-0.2, 0) is 6.54 Å². The van der Waals surface area contributed by atoms with E-state index in [0.29, 0.717) is 23.6 Å². The van der Waals surface area contributed by atoms with Crippen LogP contribution in [0.25, 0.3) is 5.69 Å². The monoisotopic (exact) mass is 290 g/mol. The SMILES string of the molecule is Cc1c(-n2nnnc2CNC(C)(C)C)cccc1[N+](=O)[O-]. The Morgan fingerprint density at radius 1 is 1.38 bits per heavy atom. The summed E-state index contributed by atoms with van der Waals surface area (Å²) in [5, 5.41) is 25.9. The van der Waals surface area contributed by atoms with E-state index in [1.165, 1.54) is 10.7 Å². The Hall–Kier alpha value is -2.35. The summed E-state index contributed by atoms with van der Waals surface area (Å²) in [6.45, 7) is 8.29. The van der Waals surface area contributed by atoms with Gasteiger partial charge in [-0.1, -0.05) is 6.07 Å². The van der Waals surface area contributed by atoms with Gasteiger partial charge in [-0.25, -0.2) is 0 Å². The van der Waals surface area contributed by atoms with E-state index in [9.17, 15) is 10.1 Å². The molecule has 0 aliphatic heterocycles. The van der Waals surface area contributed by atoms with Crippen LogP contribution in [0.5, 0.6) is 0 Å². The van der Waals surface area contributed by atoms with E-state index in [0.717, 1.165) is 0 Å². The molecule has 0 atom stereocenters. The third-order valence-electron chi connectivity index (χ3n) is 3.01. The standard InChI is InChI=1S/C13H18N6O2/c1-9-10(6-5-7-11(9)19(20)21)18-12(15-16-17-18)8-14-13(2,3)4/h5-7,14H,8H2,1-4H3. The van der Waals surface area contributed by atoms with Gasteiger partial charge in [-0.2, -0.15) is 4.68 Å². The molecule has 0 fully saturated rings. The van der Waals surface area contributed by atoms with Crippen LogP contribution < -0.4 is 5.32 Å². The molecule has 8 heteroatoms. The molecular weight excluding hydrogens is 272 g/mol. The minimum atomic E-state index is -0.406. The zero-order chi connectivity index (χ0) is 15.6. The van der Waals surface area contributed by atoms with Crippen LogP contribution in [0.2, 0.25) is 0 Å². The number of nitrogens with one attached hydrogen (secondary N) is 1. The molecule has 0 saturated carbocycles. The van der Waals surface area contributed by atoms with Crippen molar-refractivity contribution in [3.8, 4) is 5.69 Å². The summed E-state index contributed by atoms with van der Waals surface area (Å²) in [5.74, 6) is 0.605. The first kappa shape index (κ1) is 15.0. The Morgan fingerprint density at radius 2 is 2.10 bits per heavy atom. The molecule has 1 heterocycles. The third-order valence-corrected chi connectivity index (χ3v) is 3.01. The minimum Gasteiger partial charge on any atom is -0.305 e. The average Bonchev–Trinajstić information content (AvgIpc) is 2.83. The lowest BCUT2D eigenvalue weighted by atomic mass is 10.1. The maximum Gasteiger partial charge on any atom is 0.274 e. The fourth-order valence-corrected chi connectivity index (χ4v) is 1.89. The molecule has 2 aromatic rings. The van der Waals surface area contributed by atoms with Crippen LogP contribution in [0.4, 0.5) is 5.69 Å². The molecule has 0 spiro atoms. The highest BCUT2D eigenvalue weighted by molar-refractivity contribution is 5.52. The maximum atomic E-state index is 11.0. The highest BCUT2D eigenvalue weighted by Gasteiger charge is 2.18. The van der Waals surface area contributed by atoms with E-state index in [1.54, 1.807) is 19.1 Å². The van der Waals surface area contributed by atoms with Gasteiger partial charge in [0, 0.05) is 11.6 Å². The second kappa shape index (κ2) is 5.57. The van der Waals surface area contributed by atoms with Gasteiger partial charge in [0.15, 0.2) is 5.82 Å². The fourth-order valence-electron chi connectivity index (χ4n) is 1.89. The molecule has 0 aliphatic carbocycles. The summed E-state index contributed by atoms with van der Waals surface area (Å²) in [5.41, 5.74) is 1.12. The van der Waals surface area contributed by atoms with Crippen LogP contribution in [0, 0.1) is 17.0 Å². The zero-order valence-electron chi connectivity index (χ0n) is 12.5. The normalized spacial score (nSPS) is 11.6. The summed E-state index contributed by atoms with van der Waals surface area (Å²) in [6.07, 6.45) is 0. The van der Waals surface area contributed by atoms with Crippen molar-refractivity contribution in [1.82, 2.24) is 25.5 Å². The molecule has 0 aliphatic rings. The number of nitro benzene ring substituents is 1. The summed E-state index contributed by atoms with van der Waals surface area (Å²) in [4.78, 5) is 10.6. The molecule has 8 nitrogen and oxygen atoms in total. The first-order valence-electron chi connectivity index (χ1n) is 6.56. The van der Waals surface area contributed by atoms with Crippen LogP contribution in [0.3, 0.4) is 0 Å². The van der Waals surface area contributed by atoms with Crippen molar-refractivity contribution in [3.63, 3.8) is 0 Å². The van der Waals surface area contributed by atoms with Crippen LogP contribution >= 0.6 is 0 Å². The molecule has 2 rings (SSSR count). The first-order valence-corrected chi connectivity index (χ1v) is 6.56. The number of hydrogen-bond acceptors (Lipinski definition) is 6. The van der Waals surface area contributed by atoms with Crippen molar-refractivity contribution < 1.29 is 4.92 Å². The second-order valence-electron chi connectivity index (χ2n) is 5.79. The highest BCUT2D eigenvalue weighted by atomic mass is 16.6. The number of hydrogen-bond donors (Lipinski definition) is 1. The van der Waals surface area contributed by atoms with Crippen molar-refractivity contribution in [2.75, 3.05) is 0 Å². The summed E-state index contributed by atoms with van der Waals surface area (Å²) >= 11 is 0. The summed E-state index contributed by atoms with van der Waals surface area (Å²) in [6, 6.07) is 4.86. The quantitative estimate of drug-likeness (QED) is 0.680. The molecule has 0 radical (unpaired) electrons. The molecule has 0 amide bonds. The summed E-state index contributed by atoms with van der Waals surface area (Å²) < 4.78 is 1.53. The number of benzene rings is 1. The van der Waals surface area contributed by atoms with Gasteiger partial charge in [0.25, 0.3) is 5.69 Å². The topological polar surface area (TPSA) is 98.8 Å². The Balaban J connectivity index is 2.38. The Morgan fingerprint density at radius 3 is 2.71 bits per heavy atom. The predicted molar refractivity (Wildman–Crippen MR) is 77.1 cm³/mol. The van der Waals surface area contributed by atoms with Crippen LogP contribution in [0.15, 0.2) is 18.2 Å². The predicted octanol–water partition coefficient (Wildman–Crippen LogP) is 1.77. The van der Waals surface area contributed by atoms with E-state index in [-0.39, 0.29) is 11.2 Å². The van der Waals surface area contributed by atoms with Gasteiger partial charge >= 0.3 is 0 Å². The van der Waals surface area contributed by atoms with Gasteiger partial charge in [0.1, 0.15) is 0 Å². The van der Waals surface area contributed by atoms with Gasteiger partial charge in [0.2, 0.25) is 0 Å². The van der Waals surface area contributed by atoms with E-state index in [4.69, 9.17) is 0 Å². The fraction of sp³-hybridized carbons (Fsp3) is 0.462.